The summed E-state index contributed by atoms with van der Waals surface area (Å²) in [7, 11) is -3.51. The fraction of sp³-hybridized carbons (Fsp3) is 0.294. The standard InChI is InChI=1S/C17H19ClN2O2S/c18-13-6-4-5-12(9-13)15-16(17(15,10-19)11-20)23(21,22)14-7-2-1-3-8-14/h1-9,15-16H,10-11,19-20H2/t15-,16-/m1/s1. The summed E-state index contributed by atoms with van der Waals surface area (Å²) in [6, 6.07) is 15.7. The maximum Gasteiger partial charge on any atom is 0.182 e. The third-order valence-corrected chi connectivity index (χ3v) is 7.33. The van der Waals surface area contributed by atoms with Crippen LogP contribution in [-0.4, -0.2) is 26.8 Å². The predicted octanol–water partition coefficient (Wildman–Crippen LogP) is 2.18. The van der Waals surface area contributed by atoms with Crippen LogP contribution in [-0.2, 0) is 9.84 Å². The van der Waals surface area contributed by atoms with Crippen LogP contribution in [0.1, 0.15) is 11.5 Å². The van der Waals surface area contributed by atoms with Crippen LogP contribution in [0, 0.1) is 5.41 Å². The van der Waals surface area contributed by atoms with Gasteiger partial charge >= 0.3 is 0 Å². The molecule has 0 aromatic heterocycles. The summed E-state index contributed by atoms with van der Waals surface area (Å²) in [5.74, 6) is -0.235. The van der Waals surface area contributed by atoms with Crippen LogP contribution in [0.5, 0.6) is 0 Å². The van der Waals surface area contributed by atoms with E-state index in [-0.39, 0.29) is 19.0 Å². The van der Waals surface area contributed by atoms with E-state index < -0.39 is 20.5 Å². The Kier molecular flexibility index (Phi) is 4.23. The van der Waals surface area contributed by atoms with Gasteiger partial charge in [-0.3, -0.25) is 0 Å². The van der Waals surface area contributed by atoms with E-state index in [1.54, 1.807) is 42.5 Å². The highest BCUT2D eigenvalue weighted by atomic mass is 35.5. The number of rotatable bonds is 5. The fourth-order valence-electron chi connectivity index (χ4n) is 3.47. The second-order valence-electron chi connectivity index (χ2n) is 5.95. The molecule has 0 unspecified atom stereocenters. The summed E-state index contributed by atoms with van der Waals surface area (Å²) in [6.07, 6.45) is 0. The average Bonchev–Trinajstić information content (AvgIpc) is 3.26. The van der Waals surface area contributed by atoms with Gasteiger partial charge in [0.25, 0.3) is 0 Å². The quantitative estimate of drug-likeness (QED) is 0.865. The van der Waals surface area contributed by atoms with Gasteiger partial charge in [-0.25, -0.2) is 8.42 Å². The second kappa shape index (κ2) is 5.91. The summed E-state index contributed by atoms with van der Waals surface area (Å²) >= 11 is 6.06. The second-order valence-corrected chi connectivity index (χ2v) is 8.46. The minimum absolute atomic E-state index is 0.220. The third-order valence-electron chi connectivity index (χ3n) is 4.75. The van der Waals surface area contributed by atoms with Crippen molar-refractivity contribution >= 4 is 21.4 Å². The summed E-state index contributed by atoms with van der Waals surface area (Å²) in [5.41, 5.74) is 12.1. The van der Waals surface area contributed by atoms with Gasteiger partial charge in [0.05, 0.1) is 10.1 Å². The van der Waals surface area contributed by atoms with Crippen molar-refractivity contribution in [2.24, 2.45) is 16.9 Å². The van der Waals surface area contributed by atoms with Gasteiger partial charge in [0, 0.05) is 29.4 Å². The normalized spacial score (nSPS) is 22.7. The highest BCUT2D eigenvalue weighted by molar-refractivity contribution is 7.92. The molecule has 0 radical (unpaired) electrons. The SMILES string of the molecule is NCC1(CN)[C@H](c2cccc(Cl)c2)[C@H]1S(=O)(=O)c1ccccc1. The lowest BCUT2D eigenvalue weighted by Crippen LogP contribution is -2.31. The molecule has 2 aromatic carbocycles. The van der Waals surface area contributed by atoms with Crippen molar-refractivity contribution in [2.75, 3.05) is 13.1 Å². The van der Waals surface area contributed by atoms with Crippen molar-refractivity contribution in [3.05, 3.63) is 65.2 Å². The van der Waals surface area contributed by atoms with Crippen molar-refractivity contribution in [2.45, 2.75) is 16.1 Å². The van der Waals surface area contributed by atoms with Crippen LogP contribution >= 0.6 is 11.6 Å². The molecule has 4 N–H and O–H groups in total. The molecule has 122 valence electrons. The van der Waals surface area contributed by atoms with Crippen LogP contribution in [0.4, 0.5) is 0 Å². The Morgan fingerprint density at radius 3 is 2.22 bits per heavy atom. The Bertz CT molecular complexity index is 804. The zero-order chi connectivity index (χ0) is 16.7. The van der Waals surface area contributed by atoms with Crippen LogP contribution < -0.4 is 11.5 Å². The topological polar surface area (TPSA) is 86.2 Å². The zero-order valence-electron chi connectivity index (χ0n) is 12.5. The Balaban J connectivity index is 2.07. The zero-order valence-corrected chi connectivity index (χ0v) is 14.1. The largest absolute Gasteiger partial charge is 0.330 e. The van der Waals surface area contributed by atoms with E-state index >= 15 is 0 Å². The fourth-order valence-corrected chi connectivity index (χ4v) is 6.17. The minimum atomic E-state index is -3.51. The minimum Gasteiger partial charge on any atom is -0.330 e. The van der Waals surface area contributed by atoms with Crippen molar-refractivity contribution in [3.8, 4) is 0 Å². The number of benzene rings is 2. The molecule has 0 saturated heterocycles. The molecule has 23 heavy (non-hydrogen) atoms. The van der Waals surface area contributed by atoms with Gasteiger partial charge in [-0.05, 0) is 29.8 Å². The van der Waals surface area contributed by atoms with E-state index in [1.807, 2.05) is 12.1 Å². The Hall–Kier alpha value is -1.40. The Morgan fingerprint density at radius 2 is 1.65 bits per heavy atom. The van der Waals surface area contributed by atoms with E-state index in [0.29, 0.717) is 9.92 Å². The van der Waals surface area contributed by atoms with Crippen molar-refractivity contribution in [1.82, 2.24) is 0 Å². The van der Waals surface area contributed by atoms with Gasteiger partial charge in [0.15, 0.2) is 9.84 Å². The van der Waals surface area contributed by atoms with Gasteiger partial charge in [0.2, 0.25) is 0 Å². The Morgan fingerprint density at radius 1 is 1.00 bits per heavy atom. The molecule has 1 aliphatic carbocycles. The molecule has 4 nitrogen and oxygen atoms in total. The van der Waals surface area contributed by atoms with Crippen LogP contribution in [0.15, 0.2) is 59.5 Å². The first-order valence-electron chi connectivity index (χ1n) is 7.42. The Labute approximate surface area is 141 Å². The number of nitrogens with two attached hydrogens (primary N) is 2. The predicted molar refractivity (Wildman–Crippen MR) is 92.2 cm³/mol. The van der Waals surface area contributed by atoms with Crippen molar-refractivity contribution in [3.63, 3.8) is 0 Å². The highest BCUT2D eigenvalue weighted by Crippen LogP contribution is 2.63. The average molecular weight is 351 g/mol. The molecule has 1 aliphatic rings. The molecule has 1 saturated carbocycles. The van der Waals surface area contributed by atoms with E-state index in [0.717, 1.165) is 5.56 Å². The molecule has 0 amide bonds. The molecule has 0 spiro atoms. The smallest absolute Gasteiger partial charge is 0.182 e. The molecular formula is C17H19ClN2O2S. The summed E-state index contributed by atoms with van der Waals surface area (Å²) < 4.78 is 26.1. The highest BCUT2D eigenvalue weighted by Gasteiger charge is 2.69. The van der Waals surface area contributed by atoms with E-state index in [4.69, 9.17) is 23.1 Å². The molecule has 2 atom stereocenters. The first-order valence-corrected chi connectivity index (χ1v) is 9.34. The summed E-state index contributed by atoms with van der Waals surface area (Å²) in [4.78, 5) is 0.306. The summed E-state index contributed by atoms with van der Waals surface area (Å²) in [5, 5.41) is -0.0425. The lowest BCUT2D eigenvalue weighted by atomic mass is 9.99. The molecule has 6 heteroatoms. The molecule has 2 aromatic rings. The van der Waals surface area contributed by atoms with E-state index in [9.17, 15) is 8.42 Å². The number of hydrogen-bond donors (Lipinski definition) is 2. The van der Waals surface area contributed by atoms with Crippen LogP contribution in [0.25, 0.3) is 0 Å². The molecule has 0 aliphatic heterocycles. The van der Waals surface area contributed by atoms with Crippen LogP contribution in [0.3, 0.4) is 0 Å². The van der Waals surface area contributed by atoms with Crippen molar-refractivity contribution < 1.29 is 8.42 Å². The lowest BCUT2D eigenvalue weighted by Gasteiger charge is -2.13. The molecule has 0 bridgehead atoms. The maximum atomic E-state index is 13.1. The monoisotopic (exact) mass is 350 g/mol. The molecule has 0 heterocycles. The van der Waals surface area contributed by atoms with Crippen molar-refractivity contribution in [1.29, 1.82) is 0 Å². The number of hydrogen-bond acceptors (Lipinski definition) is 4. The van der Waals surface area contributed by atoms with E-state index in [1.165, 1.54) is 0 Å². The first kappa shape index (κ1) is 16.5. The molecular weight excluding hydrogens is 332 g/mol. The number of halogens is 1. The van der Waals surface area contributed by atoms with Gasteiger partial charge in [-0.1, -0.05) is 41.9 Å². The number of sulfone groups is 1. The molecule has 3 rings (SSSR count). The molecule has 1 fully saturated rings. The third kappa shape index (κ3) is 2.58. The van der Waals surface area contributed by atoms with Gasteiger partial charge < -0.3 is 11.5 Å². The lowest BCUT2D eigenvalue weighted by molar-refractivity contribution is 0.510. The first-order chi connectivity index (χ1) is 11.0. The maximum absolute atomic E-state index is 13.1. The van der Waals surface area contributed by atoms with Gasteiger partial charge in [-0.15, -0.1) is 0 Å². The van der Waals surface area contributed by atoms with Crippen LogP contribution in [0.2, 0.25) is 5.02 Å². The van der Waals surface area contributed by atoms with Gasteiger partial charge in [0.1, 0.15) is 0 Å². The van der Waals surface area contributed by atoms with E-state index in [2.05, 4.69) is 0 Å². The van der Waals surface area contributed by atoms with Gasteiger partial charge in [-0.2, -0.15) is 0 Å². The summed E-state index contributed by atoms with van der Waals surface area (Å²) in [6.45, 7) is 0.439.